The molecule has 10 heavy (non-hydrogen) atoms. The molecule has 0 aliphatic rings. The van der Waals surface area contributed by atoms with Crippen LogP contribution in [0.4, 0.5) is 5.69 Å². The first-order valence-corrected chi connectivity index (χ1v) is 3.45. The number of hydrogen-bond acceptors (Lipinski definition) is 4. The summed E-state index contributed by atoms with van der Waals surface area (Å²) in [4.78, 5) is 11.3. The molecule has 0 bridgehead atoms. The van der Waals surface area contributed by atoms with Crippen molar-refractivity contribution in [3.8, 4) is 0 Å². The smallest absolute Gasteiger partial charge is 0.264 e. The summed E-state index contributed by atoms with van der Waals surface area (Å²) >= 11 is 1.10. The third kappa shape index (κ3) is 1.08. The maximum absolute atomic E-state index is 10.9. The average molecular weight is 157 g/mol. The Labute approximate surface area is 62.2 Å². The number of carbonyl (C=O) groups excluding carboxylic acids is 1. The summed E-state index contributed by atoms with van der Waals surface area (Å²) in [6, 6.07) is 0. The molecule has 0 fully saturated rings. The highest BCUT2D eigenvalue weighted by molar-refractivity contribution is 7.08. The zero-order valence-electron chi connectivity index (χ0n) is 5.42. The molecule has 0 saturated heterocycles. The Morgan fingerprint density at radius 1 is 1.90 bits per heavy atom. The van der Waals surface area contributed by atoms with Gasteiger partial charge in [0.2, 0.25) is 0 Å². The van der Waals surface area contributed by atoms with Gasteiger partial charge in [0.25, 0.3) is 5.91 Å². The largest absolute Gasteiger partial charge is 0.396 e. The average Bonchev–Trinajstić information content (AvgIpc) is 2.34. The molecule has 1 aromatic rings. The molecule has 54 valence electrons. The number of hydrogen-bond donors (Lipinski definition) is 2. The lowest BCUT2D eigenvalue weighted by Gasteiger charge is -1.93. The second-order valence-corrected chi connectivity index (χ2v) is 2.49. The predicted molar refractivity (Wildman–Crippen MR) is 39.9 cm³/mol. The number of amides is 1. The van der Waals surface area contributed by atoms with E-state index >= 15 is 0 Å². The molecule has 3 N–H and O–H groups in total. The van der Waals surface area contributed by atoms with Crippen molar-refractivity contribution in [1.29, 1.82) is 0 Å². The summed E-state index contributed by atoms with van der Waals surface area (Å²) in [6.45, 7) is 0. The van der Waals surface area contributed by atoms with E-state index in [0.29, 0.717) is 10.6 Å². The fourth-order valence-corrected chi connectivity index (χ4v) is 1.15. The summed E-state index contributed by atoms with van der Waals surface area (Å²) < 4.78 is 3.75. The van der Waals surface area contributed by atoms with Crippen LogP contribution in [0.15, 0.2) is 6.20 Å². The minimum Gasteiger partial charge on any atom is -0.396 e. The minimum atomic E-state index is -0.181. The van der Waals surface area contributed by atoms with Gasteiger partial charge in [-0.2, -0.15) is 4.37 Å². The molecule has 0 aliphatic carbocycles. The highest BCUT2D eigenvalue weighted by atomic mass is 32.1. The van der Waals surface area contributed by atoms with Gasteiger partial charge < -0.3 is 11.1 Å². The Hall–Kier alpha value is -1.10. The van der Waals surface area contributed by atoms with Gasteiger partial charge in [-0.3, -0.25) is 4.79 Å². The third-order valence-corrected chi connectivity index (χ3v) is 1.85. The van der Waals surface area contributed by atoms with Gasteiger partial charge in [0.1, 0.15) is 4.88 Å². The van der Waals surface area contributed by atoms with Crippen molar-refractivity contribution in [3.05, 3.63) is 11.1 Å². The zero-order valence-corrected chi connectivity index (χ0v) is 6.23. The molecule has 1 amide bonds. The number of nitrogens with two attached hydrogens (primary N) is 1. The van der Waals surface area contributed by atoms with E-state index in [0.717, 1.165) is 11.5 Å². The van der Waals surface area contributed by atoms with Crippen molar-refractivity contribution >= 4 is 23.1 Å². The van der Waals surface area contributed by atoms with Gasteiger partial charge in [0.05, 0.1) is 11.9 Å². The maximum atomic E-state index is 10.9. The molecule has 1 rings (SSSR count). The van der Waals surface area contributed by atoms with Crippen LogP contribution in [0.1, 0.15) is 9.67 Å². The van der Waals surface area contributed by atoms with Gasteiger partial charge in [-0.05, 0) is 11.5 Å². The van der Waals surface area contributed by atoms with Crippen LogP contribution >= 0.6 is 11.5 Å². The van der Waals surface area contributed by atoms with Crippen molar-refractivity contribution in [2.24, 2.45) is 0 Å². The number of anilines is 1. The van der Waals surface area contributed by atoms with Crippen LogP contribution < -0.4 is 11.1 Å². The number of nitrogens with zero attached hydrogens (tertiary/aromatic N) is 1. The van der Waals surface area contributed by atoms with Crippen LogP contribution in [0.25, 0.3) is 0 Å². The molecule has 0 saturated carbocycles. The Balaban J connectivity index is 2.93. The lowest BCUT2D eigenvalue weighted by atomic mass is 10.4. The molecular formula is C5H7N3OS. The molecule has 0 aliphatic heterocycles. The molecule has 5 heteroatoms. The number of aromatic nitrogens is 1. The minimum absolute atomic E-state index is 0.181. The van der Waals surface area contributed by atoms with Crippen molar-refractivity contribution in [1.82, 2.24) is 9.69 Å². The quantitative estimate of drug-likeness (QED) is 0.606. The molecule has 1 heterocycles. The monoisotopic (exact) mass is 157 g/mol. The van der Waals surface area contributed by atoms with Crippen LogP contribution in [-0.2, 0) is 0 Å². The maximum Gasteiger partial charge on any atom is 0.264 e. The Morgan fingerprint density at radius 2 is 2.60 bits per heavy atom. The zero-order chi connectivity index (χ0) is 7.56. The fraction of sp³-hybridized carbons (Fsp3) is 0.200. The fourth-order valence-electron chi connectivity index (χ4n) is 0.533. The highest BCUT2D eigenvalue weighted by Gasteiger charge is 2.08. The summed E-state index contributed by atoms with van der Waals surface area (Å²) in [7, 11) is 1.56. The standard InChI is InChI=1S/C5H7N3OS/c1-7-5(9)4-3(6)2-8-10-4/h2H,6H2,1H3,(H,7,9). The highest BCUT2D eigenvalue weighted by Crippen LogP contribution is 2.14. The first-order valence-electron chi connectivity index (χ1n) is 2.68. The number of rotatable bonds is 1. The Bertz CT molecular complexity index is 245. The van der Waals surface area contributed by atoms with Crippen molar-refractivity contribution in [2.45, 2.75) is 0 Å². The predicted octanol–water partition coefficient (Wildman–Crippen LogP) is 0.0849. The van der Waals surface area contributed by atoms with Crippen LogP contribution in [-0.4, -0.2) is 17.3 Å². The van der Waals surface area contributed by atoms with Crippen LogP contribution in [0.5, 0.6) is 0 Å². The number of nitrogens with one attached hydrogen (secondary N) is 1. The molecule has 0 atom stereocenters. The van der Waals surface area contributed by atoms with Gasteiger partial charge in [-0.25, -0.2) is 0 Å². The first-order chi connectivity index (χ1) is 4.75. The van der Waals surface area contributed by atoms with E-state index in [1.165, 1.54) is 6.20 Å². The second-order valence-electron chi connectivity index (χ2n) is 1.69. The van der Waals surface area contributed by atoms with Gasteiger partial charge in [-0.1, -0.05) is 0 Å². The van der Waals surface area contributed by atoms with Crippen molar-refractivity contribution < 1.29 is 4.79 Å². The molecule has 0 unspecified atom stereocenters. The summed E-state index contributed by atoms with van der Waals surface area (Å²) in [6.07, 6.45) is 1.47. The van der Waals surface area contributed by atoms with Crippen LogP contribution in [0.2, 0.25) is 0 Å². The lowest BCUT2D eigenvalue weighted by Crippen LogP contribution is -2.17. The summed E-state index contributed by atoms with van der Waals surface area (Å²) in [5, 5.41) is 2.46. The Morgan fingerprint density at radius 3 is 3.00 bits per heavy atom. The second kappa shape index (κ2) is 2.66. The normalized spacial score (nSPS) is 9.30. The Kier molecular flexibility index (Phi) is 1.86. The molecule has 0 radical (unpaired) electrons. The summed E-state index contributed by atoms with van der Waals surface area (Å²) in [5.74, 6) is -0.181. The molecule has 4 nitrogen and oxygen atoms in total. The van der Waals surface area contributed by atoms with Crippen molar-refractivity contribution in [2.75, 3.05) is 12.8 Å². The van der Waals surface area contributed by atoms with Gasteiger partial charge >= 0.3 is 0 Å². The molecule has 0 spiro atoms. The topological polar surface area (TPSA) is 68.0 Å². The molecule has 1 aromatic heterocycles. The lowest BCUT2D eigenvalue weighted by molar-refractivity contribution is 0.0968. The van der Waals surface area contributed by atoms with Gasteiger partial charge in [0, 0.05) is 7.05 Å². The van der Waals surface area contributed by atoms with E-state index in [1.54, 1.807) is 7.05 Å². The van der Waals surface area contributed by atoms with Crippen LogP contribution in [0.3, 0.4) is 0 Å². The van der Waals surface area contributed by atoms with Gasteiger partial charge in [0.15, 0.2) is 0 Å². The molecular weight excluding hydrogens is 150 g/mol. The van der Waals surface area contributed by atoms with Crippen LogP contribution in [0, 0.1) is 0 Å². The number of carbonyl (C=O) groups is 1. The van der Waals surface area contributed by atoms with Gasteiger partial charge in [-0.15, -0.1) is 0 Å². The van der Waals surface area contributed by atoms with E-state index < -0.39 is 0 Å². The SMILES string of the molecule is CNC(=O)c1sncc1N. The van der Waals surface area contributed by atoms with E-state index in [2.05, 4.69) is 9.69 Å². The number of nitrogen functional groups attached to an aromatic ring is 1. The van der Waals surface area contributed by atoms with Crippen molar-refractivity contribution in [3.63, 3.8) is 0 Å². The van der Waals surface area contributed by atoms with E-state index in [4.69, 9.17) is 5.73 Å². The summed E-state index contributed by atoms with van der Waals surface area (Å²) in [5.41, 5.74) is 5.84. The first kappa shape index (κ1) is 7.01. The molecule has 0 aromatic carbocycles. The van der Waals surface area contributed by atoms with E-state index in [9.17, 15) is 4.79 Å². The van der Waals surface area contributed by atoms with E-state index in [-0.39, 0.29) is 5.91 Å². The third-order valence-electron chi connectivity index (χ3n) is 1.03. The van der Waals surface area contributed by atoms with E-state index in [1.807, 2.05) is 0 Å².